The van der Waals surface area contributed by atoms with Crippen LogP contribution in [0, 0.1) is 5.82 Å². The molecule has 3 rings (SSSR count). The van der Waals surface area contributed by atoms with E-state index in [0.29, 0.717) is 5.02 Å². The molecule has 0 aliphatic heterocycles. The molecule has 0 saturated carbocycles. The molecule has 1 aliphatic carbocycles. The molecule has 2 aromatic carbocycles. The molecule has 0 aromatic heterocycles. The van der Waals surface area contributed by atoms with Gasteiger partial charge in [-0.05, 0) is 60.4 Å². The molecule has 1 atom stereocenters. The second-order valence-electron chi connectivity index (χ2n) is 5.17. The zero-order valence-corrected chi connectivity index (χ0v) is 11.6. The highest BCUT2D eigenvalue weighted by atomic mass is 35.5. The van der Waals surface area contributed by atoms with E-state index < -0.39 is 5.54 Å². The zero-order chi connectivity index (χ0) is 14.2. The van der Waals surface area contributed by atoms with Gasteiger partial charge in [-0.2, -0.15) is 0 Å². The van der Waals surface area contributed by atoms with Gasteiger partial charge in [-0.15, -0.1) is 0 Å². The van der Waals surface area contributed by atoms with Gasteiger partial charge in [-0.1, -0.05) is 17.7 Å². The van der Waals surface area contributed by atoms with Crippen molar-refractivity contribution >= 4 is 17.3 Å². The number of anilines is 1. The van der Waals surface area contributed by atoms with E-state index in [1.807, 2.05) is 12.1 Å². The van der Waals surface area contributed by atoms with Gasteiger partial charge in [0.15, 0.2) is 0 Å². The Bertz CT molecular complexity index is 629. The third-order valence-electron chi connectivity index (χ3n) is 3.90. The molecule has 4 heteroatoms. The Morgan fingerprint density at radius 1 is 1.20 bits per heavy atom. The SMILES string of the molecule is OCC1(Nc2ccc(Cl)cc2)CCc2cc(F)ccc21. The number of fused-ring (bicyclic) bond motifs is 1. The molecule has 0 fully saturated rings. The normalized spacial score (nSPS) is 20.8. The lowest BCUT2D eigenvalue weighted by molar-refractivity contribution is 0.211. The van der Waals surface area contributed by atoms with Crippen LogP contribution in [0.2, 0.25) is 5.02 Å². The van der Waals surface area contributed by atoms with Crippen LogP contribution >= 0.6 is 11.6 Å². The van der Waals surface area contributed by atoms with Crippen molar-refractivity contribution in [2.24, 2.45) is 0 Å². The van der Waals surface area contributed by atoms with E-state index >= 15 is 0 Å². The van der Waals surface area contributed by atoms with Crippen LogP contribution in [-0.4, -0.2) is 11.7 Å². The number of hydrogen-bond donors (Lipinski definition) is 2. The standard InChI is InChI=1S/C16H15ClFNO/c17-12-1-4-14(5-2-12)19-16(10-20)8-7-11-9-13(18)3-6-15(11)16/h1-6,9,19-20H,7-8,10H2. The first-order chi connectivity index (χ1) is 9.63. The molecule has 2 aromatic rings. The van der Waals surface area contributed by atoms with Crippen LogP contribution in [0.3, 0.4) is 0 Å². The lowest BCUT2D eigenvalue weighted by Gasteiger charge is -2.31. The van der Waals surface area contributed by atoms with Gasteiger partial charge < -0.3 is 10.4 Å². The molecule has 1 unspecified atom stereocenters. The maximum absolute atomic E-state index is 13.3. The Balaban J connectivity index is 1.96. The van der Waals surface area contributed by atoms with E-state index in [2.05, 4.69) is 5.32 Å². The molecule has 0 bridgehead atoms. The van der Waals surface area contributed by atoms with E-state index in [-0.39, 0.29) is 12.4 Å². The predicted octanol–water partition coefficient (Wildman–Crippen LogP) is 3.73. The van der Waals surface area contributed by atoms with Crippen LogP contribution in [0.4, 0.5) is 10.1 Å². The highest BCUT2D eigenvalue weighted by Crippen LogP contribution is 2.39. The number of aliphatic hydroxyl groups is 1. The largest absolute Gasteiger partial charge is 0.394 e. The highest BCUT2D eigenvalue weighted by Gasteiger charge is 2.38. The summed E-state index contributed by atoms with van der Waals surface area (Å²) in [4.78, 5) is 0. The van der Waals surface area contributed by atoms with Gasteiger partial charge in [-0.25, -0.2) is 4.39 Å². The van der Waals surface area contributed by atoms with E-state index in [4.69, 9.17) is 11.6 Å². The van der Waals surface area contributed by atoms with Crippen LogP contribution in [-0.2, 0) is 12.0 Å². The fourth-order valence-electron chi connectivity index (χ4n) is 2.86. The summed E-state index contributed by atoms with van der Waals surface area (Å²) in [7, 11) is 0. The van der Waals surface area contributed by atoms with Crippen LogP contribution in [0.25, 0.3) is 0 Å². The Hall–Kier alpha value is -1.58. The Labute approximate surface area is 122 Å². The van der Waals surface area contributed by atoms with Crippen molar-refractivity contribution in [2.75, 3.05) is 11.9 Å². The average molecular weight is 292 g/mol. The van der Waals surface area contributed by atoms with Crippen LogP contribution in [0.5, 0.6) is 0 Å². The summed E-state index contributed by atoms with van der Waals surface area (Å²) in [5.41, 5.74) is 2.27. The van der Waals surface area contributed by atoms with Gasteiger partial charge in [0.2, 0.25) is 0 Å². The van der Waals surface area contributed by atoms with Crippen molar-refractivity contribution in [2.45, 2.75) is 18.4 Å². The maximum Gasteiger partial charge on any atom is 0.123 e. The van der Waals surface area contributed by atoms with E-state index in [9.17, 15) is 9.50 Å². The minimum Gasteiger partial charge on any atom is -0.394 e. The first-order valence-electron chi connectivity index (χ1n) is 6.56. The number of nitrogens with one attached hydrogen (secondary N) is 1. The summed E-state index contributed by atoms with van der Waals surface area (Å²) in [6, 6.07) is 12.1. The van der Waals surface area contributed by atoms with Crippen LogP contribution in [0.15, 0.2) is 42.5 Å². The van der Waals surface area contributed by atoms with Crippen LogP contribution < -0.4 is 5.32 Å². The number of halogens is 2. The number of aryl methyl sites for hydroxylation is 1. The molecular formula is C16H15ClFNO. The molecule has 2 nitrogen and oxygen atoms in total. The van der Waals surface area contributed by atoms with E-state index in [0.717, 1.165) is 29.7 Å². The number of aliphatic hydroxyl groups excluding tert-OH is 1. The van der Waals surface area contributed by atoms with E-state index in [1.165, 1.54) is 6.07 Å². The summed E-state index contributed by atoms with van der Waals surface area (Å²) in [5.74, 6) is -0.232. The third-order valence-corrected chi connectivity index (χ3v) is 4.15. The summed E-state index contributed by atoms with van der Waals surface area (Å²) in [6.45, 7) is -0.0335. The quantitative estimate of drug-likeness (QED) is 0.903. The van der Waals surface area contributed by atoms with Gasteiger partial charge in [-0.3, -0.25) is 0 Å². The number of rotatable bonds is 3. The fourth-order valence-corrected chi connectivity index (χ4v) is 2.99. The summed E-state index contributed by atoms with van der Waals surface area (Å²) < 4.78 is 13.3. The maximum atomic E-state index is 13.3. The Morgan fingerprint density at radius 2 is 1.95 bits per heavy atom. The monoisotopic (exact) mass is 291 g/mol. The molecule has 0 spiro atoms. The van der Waals surface area contributed by atoms with Crippen LogP contribution in [0.1, 0.15) is 17.5 Å². The molecule has 20 heavy (non-hydrogen) atoms. The first-order valence-corrected chi connectivity index (χ1v) is 6.94. The Morgan fingerprint density at radius 3 is 2.65 bits per heavy atom. The zero-order valence-electron chi connectivity index (χ0n) is 10.9. The highest BCUT2D eigenvalue weighted by molar-refractivity contribution is 6.30. The first kappa shape index (κ1) is 13.4. The van der Waals surface area contributed by atoms with E-state index in [1.54, 1.807) is 24.3 Å². The summed E-state index contributed by atoms with van der Waals surface area (Å²) in [6.07, 6.45) is 1.50. The van der Waals surface area contributed by atoms with Crippen molar-refractivity contribution in [3.8, 4) is 0 Å². The smallest absolute Gasteiger partial charge is 0.123 e. The van der Waals surface area contributed by atoms with Gasteiger partial charge >= 0.3 is 0 Å². The van der Waals surface area contributed by atoms with Gasteiger partial charge in [0.1, 0.15) is 5.82 Å². The molecule has 0 heterocycles. The summed E-state index contributed by atoms with van der Waals surface area (Å²) in [5, 5.41) is 13.9. The van der Waals surface area contributed by atoms with Gasteiger partial charge in [0.05, 0.1) is 12.1 Å². The van der Waals surface area contributed by atoms with Gasteiger partial charge in [0.25, 0.3) is 0 Å². The molecular weight excluding hydrogens is 277 g/mol. The van der Waals surface area contributed by atoms with Crippen molar-refractivity contribution in [3.63, 3.8) is 0 Å². The second-order valence-corrected chi connectivity index (χ2v) is 5.61. The van der Waals surface area contributed by atoms with Gasteiger partial charge in [0, 0.05) is 10.7 Å². The number of benzene rings is 2. The van der Waals surface area contributed by atoms with Crippen molar-refractivity contribution in [3.05, 3.63) is 64.4 Å². The topological polar surface area (TPSA) is 32.3 Å². The minimum absolute atomic E-state index is 0.0335. The molecule has 0 amide bonds. The van der Waals surface area contributed by atoms with Crippen molar-refractivity contribution in [1.29, 1.82) is 0 Å². The number of hydrogen-bond acceptors (Lipinski definition) is 2. The lowest BCUT2D eigenvalue weighted by Crippen LogP contribution is -2.36. The van der Waals surface area contributed by atoms with Crippen molar-refractivity contribution < 1.29 is 9.50 Å². The molecule has 2 N–H and O–H groups in total. The average Bonchev–Trinajstić information content (AvgIpc) is 2.80. The fraction of sp³-hybridized carbons (Fsp3) is 0.250. The molecule has 0 radical (unpaired) electrons. The summed E-state index contributed by atoms with van der Waals surface area (Å²) >= 11 is 5.88. The molecule has 104 valence electrons. The van der Waals surface area contributed by atoms with Crippen molar-refractivity contribution in [1.82, 2.24) is 0 Å². The lowest BCUT2D eigenvalue weighted by atomic mass is 9.92. The Kier molecular flexibility index (Phi) is 3.40. The molecule has 1 aliphatic rings. The predicted molar refractivity (Wildman–Crippen MR) is 78.6 cm³/mol. The second kappa shape index (κ2) is 5.08. The molecule has 0 saturated heterocycles. The minimum atomic E-state index is -0.545. The third kappa shape index (κ3) is 2.28.